The minimum absolute atomic E-state index is 0.0618. The van der Waals surface area contributed by atoms with Gasteiger partial charge in [-0.1, -0.05) is 20.8 Å². The number of methoxy groups -OCH3 is 2. The van der Waals surface area contributed by atoms with Crippen LogP contribution in [0, 0.1) is 23.2 Å². The van der Waals surface area contributed by atoms with Crippen molar-refractivity contribution in [2.45, 2.75) is 51.7 Å². The standard InChI is InChI=1S/C15H24F2O3/c1-9-10(2)13(3)8-14(16,17)15(19-4,20-5)7-11(13)6-12(9)18/h9-11H,6-8H2,1-5H3/t9?,10?,11-,13-/m1/s1. The number of carbonyl (C=O) groups is 1. The van der Waals surface area contributed by atoms with E-state index in [2.05, 4.69) is 0 Å². The lowest BCUT2D eigenvalue weighted by Crippen LogP contribution is -2.63. The van der Waals surface area contributed by atoms with Crippen molar-refractivity contribution in [3.63, 3.8) is 0 Å². The normalized spacial score (nSPS) is 43.1. The third-order valence-corrected chi connectivity index (χ3v) is 6.01. The van der Waals surface area contributed by atoms with E-state index < -0.39 is 17.1 Å². The number of alkyl halides is 2. The summed E-state index contributed by atoms with van der Waals surface area (Å²) in [5.41, 5.74) is -0.558. The van der Waals surface area contributed by atoms with Gasteiger partial charge in [0.2, 0.25) is 5.79 Å². The highest BCUT2D eigenvalue weighted by Gasteiger charge is 2.67. The molecule has 2 saturated carbocycles. The zero-order valence-electron chi connectivity index (χ0n) is 12.8. The van der Waals surface area contributed by atoms with Crippen molar-refractivity contribution in [3.8, 4) is 0 Å². The number of carbonyl (C=O) groups excluding carboxylic acids is 1. The Morgan fingerprint density at radius 2 is 1.75 bits per heavy atom. The Kier molecular flexibility index (Phi) is 3.75. The third-order valence-electron chi connectivity index (χ3n) is 6.01. The quantitative estimate of drug-likeness (QED) is 0.732. The molecule has 0 amide bonds. The fraction of sp³-hybridized carbons (Fsp3) is 0.933. The first-order valence-electron chi connectivity index (χ1n) is 7.14. The minimum atomic E-state index is -3.06. The Morgan fingerprint density at radius 1 is 1.20 bits per heavy atom. The summed E-state index contributed by atoms with van der Waals surface area (Å²) in [4.78, 5) is 12.1. The number of halogens is 2. The van der Waals surface area contributed by atoms with Gasteiger partial charge in [-0.3, -0.25) is 4.79 Å². The summed E-state index contributed by atoms with van der Waals surface area (Å²) in [5, 5.41) is 0. The van der Waals surface area contributed by atoms with Crippen molar-refractivity contribution < 1.29 is 23.0 Å². The molecule has 0 spiro atoms. The van der Waals surface area contributed by atoms with Gasteiger partial charge in [0.1, 0.15) is 5.78 Å². The summed E-state index contributed by atoms with van der Waals surface area (Å²) in [6, 6.07) is 0. The topological polar surface area (TPSA) is 35.5 Å². The third kappa shape index (κ3) is 1.93. The van der Waals surface area contributed by atoms with E-state index in [0.29, 0.717) is 6.42 Å². The smallest absolute Gasteiger partial charge is 0.301 e. The van der Waals surface area contributed by atoms with Crippen LogP contribution in [-0.2, 0) is 14.3 Å². The highest BCUT2D eigenvalue weighted by Crippen LogP contribution is 2.61. The maximum absolute atomic E-state index is 14.6. The van der Waals surface area contributed by atoms with Crippen LogP contribution in [-0.4, -0.2) is 31.7 Å². The van der Waals surface area contributed by atoms with Crippen molar-refractivity contribution in [3.05, 3.63) is 0 Å². The largest absolute Gasteiger partial charge is 0.348 e. The van der Waals surface area contributed by atoms with Crippen LogP contribution in [0.4, 0.5) is 8.78 Å². The number of hydrogen-bond donors (Lipinski definition) is 0. The molecule has 2 aliphatic carbocycles. The molecule has 5 heteroatoms. The molecule has 0 aromatic heterocycles. The van der Waals surface area contributed by atoms with Gasteiger partial charge < -0.3 is 9.47 Å². The van der Waals surface area contributed by atoms with Gasteiger partial charge in [-0.25, -0.2) is 8.78 Å². The fourth-order valence-corrected chi connectivity index (χ4v) is 4.13. The zero-order chi connectivity index (χ0) is 15.3. The van der Waals surface area contributed by atoms with Gasteiger partial charge >= 0.3 is 5.92 Å². The van der Waals surface area contributed by atoms with Crippen LogP contribution in [0.1, 0.15) is 40.0 Å². The molecule has 0 aliphatic heterocycles. The highest BCUT2D eigenvalue weighted by atomic mass is 19.3. The average molecular weight is 290 g/mol. The molecule has 20 heavy (non-hydrogen) atoms. The van der Waals surface area contributed by atoms with Crippen molar-refractivity contribution >= 4 is 5.78 Å². The van der Waals surface area contributed by atoms with Gasteiger partial charge in [-0.2, -0.15) is 0 Å². The Hall–Kier alpha value is -0.550. The average Bonchev–Trinajstić information content (AvgIpc) is 2.38. The minimum Gasteiger partial charge on any atom is -0.348 e. The van der Waals surface area contributed by atoms with E-state index in [-0.39, 0.29) is 36.4 Å². The SMILES string of the molecule is COC1(OC)C[C@H]2CC(=O)C(C)C(C)[C@@]2(C)CC1(F)F. The van der Waals surface area contributed by atoms with Gasteiger partial charge in [0.05, 0.1) is 0 Å². The molecule has 116 valence electrons. The molecule has 0 aromatic rings. The lowest BCUT2D eigenvalue weighted by Gasteiger charge is -2.57. The lowest BCUT2D eigenvalue weighted by molar-refractivity contribution is -0.360. The molecule has 3 nitrogen and oxygen atoms in total. The first kappa shape index (κ1) is 15.8. The molecular formula is C15H24F2O3. The maximum Gasteiger partial charge on any atom is 0.301 e. The van der Waals surface area contributed by atoms with Crippen molar-refractivity contribution in [2.75, 3.05) is 14.2 Å². The molecule has 4 atom stereocenters. The predicted molar refractivity (Wildman–Crippen MR) is 70.5 cm³/mol. The van der Waals surface area contributed by atoms with E-state index in [4.69, 9.17) is 9.47 Å². The number of hydrogen-bond acceptors (Lipinski definition) is 3. The second kappa shape index (κ2) is 4.73. The van der Waals surface area contributed by atoms with Gasteiger partial charge in [0.15, 0.2) is 0 Å². The molecule has 2 unspecified atom stereocenters. The van der Waals surface area contributed by atoms with Crippen LogP contribution in [0.2, 0.25) is 0 Å². The van der Waals surface area contributed by atoms with Gasteiger partial charge in [-0.15, -0.1) is 0 Å². The number of ketones is 1. The molecule has 0 heterocycles. The summed E-state index contributed by atoms with van der Waals surface area (Å²) in [7, 11) is 2.49. The van der Waals surface area contributed by atoms with Gasteiger partial charge in [0, 0.05) is 39.4 Å². The molecule has 0 radical (unpaired) electrons. The maximum atomic E-state index is 14.6. The lowest BCUT2D eigenvalue weighted by atomic mass is 9.51. The van der Waals surface area contributed by atoms with Gasteiger partial charge in [0.25, 0.3) is 0 Å². The monoisotopic (exact) mass is 290 g/mol. The van der Waals surface area contributed by atoms with E-state index in [1.807, 2.05) is 20.8 Å². The van der Waals surface area contributed by atoms with Crippen LogP contribution in [0.15, 0.2) is 0 Å². The first-order chi connectivity index (χ1) is 9.13. The van der Waals surface area contributed by atoms with E-state index in [1.165, 1.54) is 14.2 Å². The molecule has 0 N–H and O–H groups in total. The summed E-state index contributed by atoms with van der Waals surface area (Å²) < 4.78 is 39.3. The Morgan fingerprint density at radius 3 is 2.25 bits per heavy atom. The summed E-state index contributed by atoms with van der Waals surface area (Å²) >= 11 is 0. The van der Waals surface area contributed by atoms with Crippen molar-refractivity contribution in [1.82, 2.24) is 0 Å². The van der Waals surface area contributed by atoms with Crippen LogP contribution in [0.25, 0.3) is 0 Å². The number of Topliss-reactive ketones (excluding diaryl/α,β-unsaturated/α-hetero) is 1. The first-order valence-corrected chi connectivity index (χ1v) is 7.14. The molecule has 0 aromatic carbocycles. The van der Waals surface area contributed by atoms with Crippen molar-refractivity contribution in [1.29, 1.82) is 0 Å². The molecule has 0 saturated heterocycles. The van der Waals surface area contributed by atoms with Crippen LogP contribution in [0.3, 0.4) is 0 Å². The second-order valence-electron chi connectivity index (χ2n) is 6.70. The molecular weight excluding hydrogens is 266 g/mol. The van der Waals surface area contributed by atoms with Crippen molar-refractivity contribution in [2.24, 2.45) is 23.2 Å². The molecule has 2 aliphatic rings. The number of ether oxygens (including phenoxy) is 2. The van der Waals surface area contributed by atoms with Crippen LogP contribution < -0.4 is 0 Å². The summed E-state index contributed by atoms with van der Waals surface area (Å²) in [5.74, 6) is -5.16. The van der Waals surface area contributed by atoms with E-state index in [0.717, 1.165) is 0 Å². The Bertz CT molecular complexity index is 406. The van der Waals surface area contributed by atoms with E-state index in [9.17, 15) is 13.6 Å². The summed E-state index contributed by atoms with van der Waals surface area (Å²) in [6.07, 6.45) is 0.101. The predicted octanol–water partition coefficient (Wildman–Crippen LogP) is 3.27. The Labute approximate surface area is 119 Å². The molecule has 2 fully saturated rings. The van der Waals surface area contributed by atoms with E-state index >= 15 is 0 Å². The highest BCUT2D eigenvalue weighted by molar-refractivity contribution is 5.82. The fourth-order valence-electron chi connectivity index (χ4n) is 4.13. The zero-order valence-corrected chi connectivity index (χ0v) is 12.8. The molecule has 2 rings (SSSR count). The Balaban J connectivity index is 2.41. The van der Waals surface area contributed by atoms with Crippen LogP contribution in [0.5, 0.6) is 0 Å². The van der Waals surface area contributed by atoms with Gasteiger partial charge in [-0.05, 0) is 17.3 Å². The van der Waals surface area contributed by atoms with Crippen LogP contribution >= 0.6 is 0 Å². The molecule has 0 bridgehead atoms. The second-order valence-corrected chi connectivity index (χ2v) is 6.70. The number of fused-ring (bicyclic) bond motifs is 1. The summed E-state index contributed by atoms with van der Waals surface area (Å²) in [6.45, 7) is 5.65. The number of rotatable bonds is 2. The van der Waals surface area contributed by atoms with E-state index in [1.54, 1.807) is 0 Å².